The second-order valence-electron chi connectivity index (χ2n) is 4.52. The highest BCUT2D eigenvalue weighted by atomic mass is 35.5. The Hall–Kier alpha value is -1.06. The third kappa shape index (κ3) is 3.72. The van der Waals surface area contributed by atoms with Gasteiger partial charge in [0.2, 0.25) is 5.91 Å². The Labute approximate surface area is 107 Å². The van der Waals surface area contributed by atoms with E-state index < -0.39 is 6.04 Å². The smallest absolute Gasteiger partial charge is 0.237 e. The fourth-order valence-electron chi connectivity index (χ4n) is 1.52. The minimum absolute atomic E-state index is 0.119. The van der Waals surface area contributed by atoms with E-state index >= 15 is 0 Å². The third-order valence-corrected chi connectivity index (χ3v) is 3.10. The number of carbonyl (C=O) groups excluding carboxylic acids is 1. The summed E-state index contributed by atoms with van der Waals surface area (Å²) in [5, 5.41) is 3.52. The number of benzene rings is 1. The normalized spacial score (nSPS) is 14.5. The highest BCUT2D eigenvalue weighted by molar-refractivity contribution is 6.31. The molecular weight excluding hydrogens is 236 g/mol. The molecule has 1 rings (SSSR count). The van der Waals surface area contributed by atoms with Crippen molar-refractivity contribution < 1.29 is 4.79 Å². The number of rotatable bonds is 4. The molecule has 0 aliphatic rings. The van der Waals surface area contributed by atoms with Crippen LogP contribution in [-0.2, 0) is 4.79 Å². The fraction of sp³-hybridized carbons (Fsp3) is 0.462. The standard InChI is InChI=1S/C13H19ClN2O/c1-8(2)12(15)13(17)16-9(3)10-6-4-5-7-11(10)14/h4-9,12H,15H2,1-3H3,(H,16,17)/t9-,12-/m1/s1. The van der Waals surface area contributed by atoms with Crippen LogP contribution in [0.5, 0.6) is 0 Å². The average Bonchev–Trinajstić information content (AvgIpc) is 2.28. The van der Waals surface area contributed by atoms with E-state index in [1.807, 2.05) is 45.0 Å². The highest BCUT2D eigenvalue weighted by Gasteiger charge is 2.20. The Kier molecular flexibility index (Phi) is 4.97. The van der Waals surface area contributed by atoms with Crippen molar-refractivity contribution in [3.8, 4) is 0 Å². The van der Waals surface area contributed by atoms with Gasteiger partial charge in [-0.2, -0.15) is 0 Å². The van der Waals surface area contributed by atoms with Gasteiger partial charge in [0.15, 0.2) is 0 Å². The van der Waals surface area contributed by atoms with Crippen LogP contribution in [0.25, 0.3) is 0 Å². The van der Waals surface area contributed by atoms with E-state index in [1.165, 1.54) is 0 Å². The fourth-order valence-corrected chi connectivity index (χ4v) is 1.82. The Balaban J connectivity index is 2.70. The first-order valence-corrected chi connectivity index (χ1v) is 6.11. The van der Waals surface area contributed by atoms with E-state index in [2.05, 4.69) is 5.32 Å². The maximum absolute atomic E-state index is 11.8. The topological polar surface area (TPSA) is 55.1 Å². The molecule has 0 aliphatic heterocycles. The first kappa shape index (κ1) is 14.0. The Morgan fingerprint density at radius 2 is 1.88 bits per heavy atom. The quantitative estimate of drug-likeness (QED) is 0.868. The van der Waals surface area contributed by atoms with Crippen molar-refractivity contribution in [1.82, 2.24) is 5.32 Å². The van der Waals surface area contributed by atoms with Crippen LogP contribution in [0.2, 0.25) is 5.02 Å². The molecule has 0 bridgehead atoms. The molecule has 3 nitrogen and oxygen atoms in total. The largest absolute Gasteiger partial charge is 0.348 e. The molecule has 0 fully saturated rings. The summed E-state index contributed by atoms with van der Waals surface area (Å²) in [6, 6.07) is 6.84. The van der Waals surface area contributed by atoms with Crippen LogP contribution >= 0.6 is 11.6 Å². The van der Waals surface area contributed by atoms with Gasteiger partial charge in [-0.3, -0.25) is 4.79 Å². The molecule has 94 valence electrons. The number of nitrogens with two attached hydrogens (primary N) is 1. The number of carbonyl (C=O) groups is 1. The van der Waals surface area contributed by atoms with Gasteiger partial charge in [0.25, 0.3) is 0 Å². The van der Waals surface area contributed by atoms with E-state index in [9.17, 15) is 4.79 Å². The lowest BCUT2D eigenvalue weighted by Gasteiger charge is -2.20. The molecule has 0 aliphatic carbocycles. The number of hydrogen-bond donors (Lipinski definition) is 2. The molecule has 0 saturated carbocycles. The molecule has 17 heavy (non-hydrogen) atoms. The van der Waals surface area contributed by atoms with Crippen molar-refractivity contribution in [1.29, 1.82) is 0 Å². The lowest BCUT2D eigenvalue weighted by molar-refractivity contribution is -0.123. The Morgan fingerprint density at radius 3 is 2.41 bits per heavy atom. The van der Waals surface area contributed by atoms with Gasteiger partial charge in [-0.15, -0.1) is 0 Å². The molecule has 0 spiro atoms. The number of hydrogen-bond acceptors (Lipinski definition) is 2. The third-order valence-electron chi connectivity index (χ3n) is 2.75. The molecule has 1 aromatic carbocycles. The molecule has 3 N–H and O–H groups in total. The van der Waals surface area contributed by atoms with Crippen LogP contribution in [0, 0.1) is 5.92 Å². The van der Waals surface area contributed by atoms with Crippen molar-refractivity contribution >= 4 is 17.5 Å². The van der Waals surface area contributed by atoms with Gasteiger partial charge in [0.05, 0.1) is 12.1 Å². The Morgan fingerprint density at radius 1 is 1.29 bits per heavy atom. The van der Waals surface area contributed by atoms with Gasteiger partial charge in [0.1, 0.15) is 0 Å². The maximum Gasteiger partial charge on any atom is 0.237 e. The number of nitrogens with one attached hydrogen (secondary N) is 1. The summed E-state index contributed by atoms with van der Waals surface area (Å²) in [7, 11) is 0. The van der Waals surface area contributed by atoms with E-state index in [-0.39, 0.29) is 17.9 Å². The minimum Gasteiger partial charge on any atom is -0.348 e. The second-order valence-corrected chi connectivity index (χ2v) is 4.93. The van der Waals surface area contributed by atoms with E-state index in [4.69, 9.17) is 17.3 Å². The monoisotopic (exact) mass is 254 g/mol. The minimum atomic E-state index is -0.486. The van der Waals surface area contributed by atoms with Crippen LogP contribution in [0.1, 0.15) is 32.4 Å². The average molecular weight is 255 g/mol. The zero-order valence-corrected chi connectivity index (χ0v) is 11.2. The summed E-state index contributed by atoms with van der Waals surface area (Å²) in [5.74, 6) is -0.0270. The van der Waals surface area contributed by atoms with Crippen molar-refractivity contribution in [2.45, 2.75) is 32.9 Å². The second kappa shape index (κ2) is 6.03. The summed E-state index contributed by atoms with van der Waals surface area (Å²) in [5.41, 5.74) is 6.68. The molecule has 4 heteroatoms. The van der Waals surface area contributed by atoms with Crippen LogP contribution < -0.4 is 11.1 Å². The van der Waals surface area contributed by atoms with Gasteiger partial charge < -0.3 is 11.1 Å². The zero-order valence-electron chi connectivity index (χ0n) is 10.4. The first-order valence-electron chi connectivity index (χ1n) is 5.74. The van der Waals surface area contributed by atoms with Crippen molar-refractivity contribution in [3.63, 3.8) is 0 Å². The van der Waals surface area contributed by atoms with Crippen molar-refractivity contribution in [2.75, 3.05) is 0 Å². The number of amides is 1. The summed E-state index contributed by atoms with van der Waals surface area (Å²) in [6.45, 7) is 5.74. The van der Waals surface area contributed by atoms with Crippen molar-refractivity contribution in [2.24, 2.45) is 11.7 Å². The summed E-state index contributed by atoms with van der Waals surface area (Å²) in [4.78, 5) is 11.8. The van der Waals surface area contributed by atoms with Gasteiger partial charge in [-0.05, 0) is 24.5 Å². The lowest BCUT2D eigenvalue weighted by atomic mass is 10.0. The Bertz CT molecular complexity index is 393. The summed E-state index contributed by atoms with van der Waals surface area (Å²) >= 11 is 6.06. The van der Waals surface area contributed by atoms with Crippen LogP contribution in [0.4, 0.5) is 0 Å². The van der Waals surface area contributed by atoms with E-state index in [0.717, 1.165) is 5.56 Å². The molecule has 0 heterocycles. The van der Waals surface area contributed by atoms with Crippen LogP contribution in [-0.4, -0.2) is 11.9 Å². The van der Waals surface area contributed by atoms with E-state index in [1.54, 1.807) is 0 Å². The summed E-state index contributed by atoms with van der Waals surface area (Å²) < 4.78 is 0. The molecular formula is C13H19ClN2O. The molecule has 1 amide bonds. The SMILES string of the molecule is CC(C)[C@@H](N)C(=O)N[C@H](C)c1ccccc1Cl. The molecule has 0 aromatic heterocycles. The maximum atomic E-state index is 11.8. The molecule has 0 unspecified atom stereocenters. The molecule has 0 radical (unpaired) electrons. The van der Waals surface area contributed by atoms with Gasteiger partial charge in [-0.25, -0.2) is 0 Å². The summed E-state index contributed by atoms with van der Waals surface area (Å²) in [6.07, 6.45) is 0. The predicted molar refractivity (Wildman–Crippen MR) is 70.8 cm³/mol. The lowest BCUT2D eigenvalue weighted by Crippen LogP contribution is -2.44. The van der Waals surface area contributed by atoms with Gasteiger partial charge >= 0.3 is 0 Å². The van der Waals surface area contributed by atoms with Gasteiger partial charge in [-0.1, -0.05) is 43.6 Å². The molecule has 2 atom stereocenters. The van der Waals surface area contributed by atoms with Crippen molar-refractivity contribution in [3.05, 3.63) is 34.9 Å². The zero-order chi connectivity index (χ0) is 13.0. The highest BCUT2D eigenvalue weighted by Crippen LogP contribution is 2.22. The van der Waals surface area contributed by atoms with Crippen LogP contribution in [0.3, 0.4) is 0 Å². The molecule has 0 saturated heterocycles. The van der Waals surface area contributed by atoms with Crippen LogP contribution in [0.15, 0.2) is 24.3 Å². The van der Waals surface area contributed by atoms with Gasteiger partial charge in [0, 0.05) is 5.02 Å². The molecule has 1 aromatic rings. The first-order chi connectivity index (χ1) is 7.93. The number of halogens is 1. The van der Waals surface area contributed by atoms with E-state index in [0.29, 0.717) is 5.02 Å². The predicted octanol–water partition coefficient (Wildman–Crippen LogP) is 2.50.